The van der Waals surface area contributed by atoms with Crippen LogP contribution in [0.5, 0.6) is 0 Å². The molecule has 0 spiro atoms. The van der Waals surface area contributed by atoms with Crippen LogP contribution in [-0.2, 0) is 19.6 Å². The molecular formula is C22H32N4O2S. The fourth-order valence-corrected chi connectivity index (χ4v) is 4.31. The van der Waals surface area contributed by atoms with Gasteiger partial charge in [-0.05, 0) is 40.1 Å². The second-order valence-electron chi connectivity index (χ2n) is 7.41. The van der Waals surface area contributed by atoms with Gasteiger partial charge in [0.05, 0.1) is 6.61 Å². The van der Waals surface area contributed by atoms with Crippen LogP contribution in [-0.4, -0.2) is 71.7 Å². The topological polar surface area (TPSA) is 59.0 Å². The minimum absolute atomic E-state index is 0.0438. The van der Waals surface area contributed by atoms with E-state index in [0.29, 0.717) is 19.6 Å². The molecule has 1 fully saturated rings. The summed E-state index contributed by atoms with van der Waals surface area (Å²) in [5.74, 6) is 0. The number of carbonyl (C=O) groups is 1. The molecule has 2 heterocycles. The van der Waals surface area contributed by atoms with E-state index >= 15 is 0 Å². The lowest BCUT2D eigenvalue weighted by molar-refractivity contribution is 0.131. The van der Waals surface area contributed by atoms with Crippen molar-refractivity contribution in [1.29, 1.82) is 0 Å². The molecule has 2 aromatic rings. The van der Waals surface area contributed by atoms with E-state index in [4.69, 9.17) is 0 Å². The third kappa shape index (κ3) is 6.54. The van der Waals surface area contributed by atoms with Gasteiger partial charge in [-0.15, -0.1) is 0 Å². The zero-order chi connectivity index (χ0) is 20.5. The number of rotatable bonds is 9. The van der Waals surface area contributed by atoms with Gasteiger partial charge in [0.15, 0.2) is 0 Å². The lowest BCUT2D eigenvalue weighted by Crippen LogP contribution is -2.45. The number of aliphatic hydroxyl groups excluding tert-OH is 1. The molecule has 0 atom stereocenters. The molecule has 2 amide bonds. The standard InChI is InChI=1S/C22H32N4O2S/c1-2-24-8-10-25(11-9-24)17-21-6-4-3-5-20(21)15-23-22(28)26(12-13-27)16-19-7-14-29-18-19/h3-7,14,18,27H,2,8-13,15-17H2,1H3,(H,23,28). The molecule has 1 aliphatic rings. The second-order valence-corrected chi connectivity index (χ2v) is 8.19. The van der Waals surface area contributed by atoms with Gasteiger partial charge in [-0.25, -0.2) is 4.79 Å². The first kappa shape index (κ1) is 21.8. The predicted molar refractivity (Wildman–Crippen MR) is 118 cm³/mol. The van der Waals surface area contributed by atoms with Crippen LogP contribution in [0, 0.1) is 0 Å². The van der Waals surface area contributed by atoms with E-state index in [-0.39, 0.29) is 12.6 Å². The number of hydrogen-bond donors (Lipinski definition) is 2. The number of hydrogen-bond acceptors (Lipinski definition) is 5. The van der Waals surface area contributed by atoms with Crippen LogP contribution in [0.2, 0.25) is 0 Å². The summed E-state index contributed by atoms with van der Waals surface area (Å²) in [7, 11) is 0. The fraction of sp³-hybridized carbons (Fsp3) is 0.500. The van der Waals surface area contributed by atoms with E-state index in [1.54, 1.807) is 16.2 Å². The van der Waals surface area contributed by atoms with Crippen LogP contribution < -0.4 is 5.32 Å². The second kappa shape index (κ2) is 11.3. The molecule has 1 aliphatic heterocycles. The van der Waals surface area contributed by atoms with Gasteiger partial charge in [-0.2, -0.15) is 11.3 Å². The highest BCUT2D eigenvalue weighted by atomic mass is 32.1. The van der Waals surface area contributed by atoms with E-state index in [9.17, 15) is 9.90 Å². The molecule has 0 saturated carbocycles. The Labute approximate surface area is 177 Å². The Kier molecular flexibility index (Phi) is 8.49. The normalized spacial score (nSPS) is 15.4. The van der Waals surface area contributed by atoms with E-state index in [1.807, 2.05) is 22.9 Å². The maximum atomic E-state index is 12.7. The predicted octanol–water partition coefficient (Wildman–Crippen LogP) is 2.59. The van der Waals surface area contributed by atoms with Gasteiger partial charge in [0, 0.05) is 52.4 Å². The molecule has 0 radical (unpaired) electrons. The SMILES string of the molecule is CCN1CCN(Cc2ccccc2CNC(=O)N(CCO)Cc2ccsc2)CC1. The van der Waals surface area contributed by atoms with Crippen LogP contribution in [0.25, 0.3) is 0 Å². The number of nitrogens with one attached hydrogen (secondary N) is 1. The summed E-state index contributed by atoms with van der Waals surface area (Å²) < 4.78 is 0. The number of benzene rings is 1. The number of thiophene rings is 1. The van der Waals surface area contributed by atoms with Crippen LogP contribution in [0.1, 0.15) is 23.6 Å². The van der Waals surface area contributed by atoms with E-state index in [0.717, 1.165) is 50.4 Å². The maximum Gasteiger partial charge on any atom is 0.318 e. The highest BCUT2D eigenvalue weighted by Gasteiger charge is 2.18. The average molecular weight is 417 g/mol. The smallest absolute Gasteiger partial charge is 0.318 e. The van der Waals surface area contributed by atoms with E-state index in [1.165, 1.54) is 5.56 Å². The van der Waals surface area contributed by atoms with Crippen molar-refractivity contribution in [3.8, 4) is 0 Å². The number of nitrogens with zero attached hydrogens (tertiary/aromatic N) is 3. The van der Waals surface area contributed by atoms with Gasteiger partial charge >= 0.3 is 6.03 Å². The highest BCUT2D eigenvalue weighted by molar-refractivity contribution is 7.07. The van der Waals surface area contributed by atoms with E-state index < -0.39 is 0 Å². The first-order chi connectivity index (χ1) is 14.2. The summed E-state index contributed by atoms with van der Waals surface area (Å²) in [6.07, 6.45) is 0. The van der Waals surface area contributed by atoms with Gasteiger partial charge in [-0.3, -0.25) is 4.90 Å². The van der Waals surface area contributed by atoms with Gasteiger partial charge in [-0.1, -0.05) is 31.2 Å². The Balaban J connectivity index is 1.56. The first-order valence-corrected chi connectivity index (χ1v) is 11.3. The summed E-state index contributed by atoms with van der Waals surface area (Å²) in [5, 5.41) is 16.4. The Hall–Kier alpha value is -1.93. The molecule has 0 unspecified atom stereocenters. The maximum absolute atomic E-state index is 12.7. The molecule has 1 saturated heterocycles. The highest BCUT2D eigenvalue weighted by Crippen LogP contribution is 2.14. The van der Waals surface area contributed by atoms with Crippen molar-refractivity contribution in [1.82, 2.24) is 20.0 Å². The molecule has 29 heavy (non-hydrogen) atoms. The van der Waals surface area contributed by atoms with Crippen molar-refractivity contribution in [2.45, 2.75) is 26.6 Å². The van der Waals surface area contributed by atoms with Crippen molar-refractivity contribution >= 4 is 17.4 Å². The van der Waals surface area contributed by atoms with Gasteiger partial charge in [0.2, 0.25) is 0 Å². The molecule has 158 valence electrons. The lowest BCUT2D eigenvalue weighted by atomic mass is 10.1. The number of aliphatic hydroxyl groups is 1. The van der Waals surface area contributed by atoms with Crippen LogP contribution >= 0.6 is 11.3 Å². The molecule has 1 aromatic carbocycles. The molecule has 7 heteroatoms. The van der Waals surface area contributed by atoms with E-state index in [2.05, 4.69) is 40.2 Å². The summed E-state index contributed by atoms with van der Waals surface area (Å²) in [5.41, 5.74) is 3.51. The third-order valence-electron chi connectivity index (χ3n) is 5.47. The zero-order valence-corrected chi connectivity index (χ0v) is 18.0. The Morgan fingerprint density at radius 1 is 1.14 bits per heavy atom. The average Bonchev–Trinajstić information content (AvgIpc) is 3.26. The summed E-state index contributed by atoms with van der Waals surface area (Å²) in [6.45, 7) is 9.94. The number of piperazine rings is 1. The van der Waals surface area contributed by atoms with Crippen molar-refractivity contribution in [2.24, 2.45) is 0 Å². The van der Waals surface area contributed by atoms with Crippen molar-refractivity contribution in [3.63, 3.8) is 0 Å². The minimum atomic E-state index is -0.142. The largest absolute Gasteiger partial charge is 0.395 e. The first-order valence-electron chi connectivity index (χ1n) is 10.4. The Morgan fingerprint density at radius 3 is 2.52 bits per heavy atom. The molecule has 0 bridgehead atoms. The Bertz CT molecular complexity index is 745. The van der Waals surface area contributed by atoms with Gasteiger partial charge < -0.3 is 20.2 Å². The minimum Gasteiger partial charge on any atom is -0.395 e. The lowest BCUT2D eigenvalue weighted by Gasteiger charge is -2.34. The van der Waals surface area contributed by atoms with Crippen molar-refractivity contribution in [3.05, 3.63) is 57.8 Å². The van der Waals surface area contributed by atoms with Crippen LogP contribution in [0.15, 0.2) is 41.1 Å². The number of likely N-dealkylation sites (N-methyl/N-ethyl adjacent to an activating group) is 1. The molecule has 3 rings (SSSR count). The zero-order valence-electron chi connectivity index (χ0n) is 17.2. The molecule has 2 N–H and O–H groups in total. The third-order valence-corrected chi connectivity index (χ3v) is 6.20. The molecule has 0 aliphatic carbocycles. The quantitative estimate of drug-likeness (QED) is 0.660. The Morgan fingerprint density at radius 2 is 1.86 bits per heavy atom. The van der Waals surface area contributed by atoms with Crippen LogP contribution in [0.4, 0.5) is 4.79 Å². The molecular weight excluding hydrogens is 384 g/mol. The number of urea groups is 1. The number of carbonyl (C=O) groups excluding carboxylic acids is 1. The molecule has 6 nitrogen and oxygen atoms in total. The summed E-state index contributed by atoms with van der Waals surface area (Å²) in [4.78, 5) is 19.3. The van der Waals surface area contributed by atoms with Gasteiger partial charge in [0.1, 0.15) is 0 Å². The molecule has 1 aromatic heterocycles. The number of amides is 2. The van der Waals surface area contributed by atoms with Gasteiger partial charge in [0.25, 0.3) is 0 Å². The van der Waals surface area contributed by atoms with Crippen molar-refractivity contribution < 1.29 is 9.90 Å². The van der Waals surface area contributed by atoms with Crippen LogP contribution in [0.3, 0.4) is 0 Å². The monoisotopic (exact) mass is 416 g/mol. The fourth-order valence-electron chi connectivity index (χ4n) is 3.65. The van der Waals surface area contributed by atoms with Crippen molar-refractivity contribution in [2.75, 3.05) is 45.9 Å². The summed E-state index contributed by atoms with van der Waals surface area (Å²) >= 11 is 1.61. The summed E-state index contributed by atoms with van der Waals surface area (Å²) in [6, 6.07) is 10.2.